The summed E-state index contributed by atoms with van der Waals surface area (Å²) >= 11 is 0. The van der Waals surface area contributed by atoms with Gasteiger partial charge < -0.3 is 5.73 Å². The van der Waals surface area contributed by atoms with Gasteiger partial charge in [0.1, 0.15) is 5.65 Å². The maximum absolute atomic E-state index is 12.1. The smallest absolute Gasteiger partial charge is 0.272 e. The Balaban J connectivity index is 1.72. The number of aromatic amines is 1. The maximum Gasteiger partial charge on any atom is 0.272 e. The van der Waals surface area contributed by atoms with Crippen LogP contribution < -0.4 is 11.3 Å². The van der Waals surface area contributed by atoms with Crippen molar-refractivity contribution < 1.29 is 0 Å². The minimum atomic E-state index is -0.219. The summed E-state index contributed by atoms with van der Waals surface area (Å²) in [6.07, 6.45) is 3.92. The average molecular weight is 367 g/mol. The minimum Gasteiger partial charge on any atom is -0.325 e. The normalized spacial score (nSPS) is 11.3. The van der Waals surface area contributed by atoms with Crippen LogP contribution in [0.2, 0.25) is 0 Å². The summed E-state index contributed by atoms with van der Waals surface area (Å²) in [6.45, 7) is 0.252. The number of hydrogen-bond donors (Lipinski definition) is 2. The molecule has 0 amide bonds. The van der Waals surface area contributed by atoms with E-state index in [1.165, 1.54) is 0 Å². The summed E-state index contributed by atoms with van der Waals surface area (Å²) in [6, 6.07) is 20.0. The third kappa shape index (κ3) is 2.59. The molecule has 0 spiro atoms. The van der Waals surface area contributed by atoms with Crippen LogP contribution in [0.25, 0.3) is 38.8 Å². The van der Waals surface area contributed by atoms with E-state index in [1.54, 1.807) is 0 Å². The number of hydrogen-bond acceptors (Lipinski definition) is 4. The quantitative estimate of drug-likeness (QED) is 0.512. The molecule has 0 saturated carbocycles. The van der Waals surface area contributed by atoms with Gasteiger partial charge >= 0.3 is 0 Å². The number of benzene rings is 2. The lowest BCUT2D eigenvalue weighted by atomic mass is 10.0. The Bertz CT molecular complexity index is 1370. The van der Waals surface area contributed by atoms with E-state index < -0.39 is 0 Å². The molecule has 0 aliphatic carbocycles. The number of nitrogens with zero attached hydrogens (tertiary/aromatic N) is 3. The van der Waals surface area contributed by atoms with E-state index in [1.807, 2.05) is 48.7 Å². The summed E-state index contributed by atoms with van der Waals surface area (Å²) in [5.74, 6) is 0. The highest BCUT2D eigenvalue weighted by Gasteiger charge is 2.11. The number of aromatic nitrogens is 4. The maximum atomic E-state index is 12.1. The van der Waals surface area contributed by atoms with E-state index in [-0.39, 0.29) is 12.1 Å². The predicted molar refractivity (Wildman–Crippen MR) is 110 cm³/mol. The third-order valence-corrected chi connectivity index (χ3v) is 4.97. The molecule has 0 aliphatic heterocycles. The van der Waals surface area contributed by atoms with Gasteiger partial charge in [-0.3, -0.25) is 9.20 Å². The molecule has 3 N–H and O–H groups in total. The zero-order valence-electron chi connectivity index (χ0n) is 15.0. The molecule has 0 atom stereocenters. The van der Waals surface area contributed by atoms with Gasteiger partial charge in [-0.05, 0) is 35.4 Å². The molecular weight excluding hydrogens is 350 g/mol. The second-order valence-electron chi connectivity index (χ2n) is 6.62. The Hall–Kier alpha value is -3.77. The first kappa shape index (κ1) is 16.4. The van der Waals surface area contributed by atoms with Gasteiger partial charge in [-0.2, -0.15) is 5.10 Å². The number of rotatable bonds is 3. The second-order valence-corrected chi connectivity index (χ2v) is 6.62. The van der Waals surface area contributed by atoms with Gasteiger partial charge in [-0.25, -0.2) is 10.1 Å². The number of pyridine rings is 1. The second kappa shape index (κ2) is 6.44. The zero-order valence-corrected chi connectivity index (χ0v) is 15.0. The molecule has 0 radical (unpaired) electrons. The topological polar surface area (TPSA) is 89.1 Å². The van der Waals surface area contributed by atoms with E-state index in [0.29, 0.717) is 11.1 Å². The molecule has 0 bridgehead atoms. The molecule has 0 saturated heterocycles. The summed E-state index contributed by atoms with van der Waals surface area (Å²) in [5, 5.41) is 7.92. The molecule has 0 aliphatic rings. The van der Waals surface area contributed by atoms with Crippen LogP contribution in [0, 0.1) is 0 Å². The Morgan fingerprint density at radius 2 is 1.75 bits per heavy atom. The molecule has 6 nitrogen and oxygen atoms in total. The van der Waals surface area contributed by atoms with Crippen molar-refractivity contribution in [3.05, 3.63) is 89.1 Å². The largest absolute Gasteiger partial charge is 0.325 e. The SMILES string of the molecule is NCc1n[nH]c(=O)c2ccc(-c3cnc4ccc(-c5ccccc5)cn34)cc12. The van der Waals surface area contributed by atoms with Crippen molar-refractivity contribution in [1.29, 1.82) is 0 Å². The lowest BCUT2D eigenvalue weighted by Crippen LogP contribution is -2.13. The van der Waals surface area contributed by atoms with Crippen LogP contribution in [0.5, 0.6) is 0 Å². The molecule has 136 valence electrons. The first-order valence-electron chi connectivity index (χ1n) is 8.99. The molecule has 5 aromatic rings. The Kier molecular flexibility index (Phi) is 3.77. The summed E-state index contributed by atoms with van der Waals surface area (Å²) in [4.78, 5) is 16.6. The third-order valence-electron chi connectivity index (χ3n) is 4.97. The van der Waals surface area contributed by atoms with Gasteiger partial charge in [-0.15, -0.1) is 0 Å². The molecule has 3 aromatic heterocycles. The monoisotopic (exact) mass is 367 g/mol. The molecule has 6 heteroatoms. The van der Waals surface area contributed by atoms with E-state index in [0.717, 1.165) is 33.4 Å². The number of nitrogens with two attached hydrogens (primary N) is 1. The lowest BCUT2D eigenvalue weighted by molar-refractivity contribution is 0.900. The van der Waals surface area contributed by atoms with Crippen molar-refractivity contribution in [3.8, 4) is 22.4 Å². The molecule has 3 heterocycles. The minimum absolute atomic E-state index is 0.219. The van der Waals surface area contributed by atoms with Crippen molar-refractivity contribution in [2.75, 3.05) is 0 Å². The van der Waals surface area contributed by atoms with Crippen molar-refractivity contribution in [3.63, 3.8) is 0 Å². The molecular formula is C22H17N5O. The Morgan fingerprint density at radius 1 is 0.929 bits per heavy atom. The summed E-state index contributed by atoms with van der Waals surface area (Å²) in [5.41, 5.74) is 11.3. The number of nitrogens with one attached hydrogen (secondary N) is 1. The van der Waals surface area contributed by atoms with E-state index in [4.69, 9.17) is 5.73 Å². The first-order valence-corrected chi connectivity index (χ1v) is 8.99. The van der Waals surface area contributed by atoms with Crippen molar-refractivity contribution >= 4 is 16.4 Å². The highest BCUT2D eigenvalue weighted by molar-refractivity contribution is 5.88. The fourth-order valence-electron chi connectivity index (χ4n) is 3.53. The van der Waals surface area contributed by atoms with Crippen LogP contribution in [0.4, 0.5) is 0 Å². The number of H-pyrrole nitrogens is 1. The van der Waals surface area contributed by atoms with Gasteiger partial charge in [0.05, 0.1) is 23.0 Å². The molecule has 2 aromatic carbocycles. The lowest BCUT2D eigenvalue weighted by Gasteiger charge is -2.08. The fourth-order valence-corrected chi connectivity index (χ4v) is 3.53. The van der Waals surface area contributed by atoms with Crippen LogP contribution in [0.3, 0.4) is 0 Å². The van der Waals surface area contributed by atoms with Gasteiger partial charge in [0.2, 0.25) is 0 Å². The van der Waals surface area contributed by atoms with Crippen LogP contribution in [-0.4, -0.2) is 19.6 Å². The van der Waals surface area contributed by atoms with Crippen molar-refractivity contribution in [1.82, 2.24) is 19.6 Å². The van der Waals surface area contributed by atoms with Crippen LogP contribution in [0.1, 0.15) is 5.69 Å². The van der Waals surface area contributed by atoms with Gasteiger partial charge in [0.25, 0.3) is 5.56 Å². The molecule has 28 heavy (non-hydrogen) atoms. The van der Waals surface area contributed by atoms with E-state index in [2.05, 4.69) is 44.0 Å². The summed E-state index contributed by atoms with van der Waals surface area (Å²) in [7, 11) is 0. The van der Waals surface area contributed by atoms with Gasteiger partial charge in [-0.1, -0.05) is 36.4 Å². The number of imidazole rings is 1. The highest BCUT2D eigenvalue weighted by atomic mass is 16.1. The van der Waals surface area contributed by atoms with Crippen LogP contribution >= 0.6 is 0 Å². The van der Waals surface area contributed by atoms with Crippen LogP contribution in [0.15, 0.2) is 77.9 Å². The standard InChI is InChI=1S/C22H17N5O/c23-11-19-18-10-15(6-8-17(18)22(28)26-25-19)20-12-24-21-9-7-16(13-27(20)21)14-4-2-1-3-5-14/h1-10,12-13H,11,23H2,(H,26,28). The Morgan fingerprint density at radius 3 is 2.57 bits per heavy atom. The molecule has 5 rings (SSSR count). The first-order chi connectivity index (χ1) is 13.7. The van der Waals surface area contributed by atoms with Crippen molar-refractivity contribution in [2.45, 2.75) is 6.54 Å². The fraction of sp³-hybridized carbons (Fsp3) is 0.0455. The highest BCUT2D eigenvalue weighted by Crippen LogP contribution is 2.27. The van der Waals surface area contributed by atoms with Crippen LogP contribution in [-0.2, 0) is 6.54 Å². The molecule has 0 fully saturated rings. The predicted octanol–water partition coefficient (Wildman–Crippen LogP) is 3.36. The summed E-state index contributed by atoms with van der Waals surface area (Å²) < 4.78 is 2.06. The van der Waals surface area contributed by atoms with Gasteiger partial charge in [0, 0.05) is 23.7 Å². The van der Waals surface area contributed by atoms with Crippen molar-refractivity contribution in [2.24, 2.45) is 5.73 Å². The van der Waals surface area contributed by atoms with E-state index >= 15 is 0 Å². The van der Waals surface area contributed by atoms with E-state index in [9.17, 15) is 4.79 Å². The zero-order chi connectivity index (χ0) is 19.1. The molecule has 0 unspecified atom stereocenters. The Labute approximate surface area is 160 Å². The van der Waals surface area contributed by atoms with Gasteiger partial charge in [0.15, 0.2) is 0 Å². The average Bonchev–Trinajstić information content (AvgIpc) is 3.18. The number of fused-ring (bicyclic) bond motifs is 2.